The summed E-state index contributed by atoms with van der Waals surface area (Å²) >= 11 is 1.59. The second-order valence-corrected chi connectivity index (χ2v) is 7.03. The molecule has 0 radical (unpaired) electrons. The van der Waals surface area contributed by atoms with Crippen molar-refractivity contribution >= 4 is 17.2 Å². The van der Waals surface area contributed by atoms with E-state index in [0.717, 1.165) is 33.1 Å². The molecule has 0 aliphatic carbocycles. The molecule has 0 spiro atoms. The number of aryl methyl sites for hydroxylation is 1. The van der Waals surface area contributed by atoms with E-state index in [1.54, 1.807) is 23.5 Å². The summed E-state index contributed by atoms with van der Waals surface area (Å²) in [7, 11) is 0. The number of benzene rings is 2. The summed E-state index contributed by atoms with van der Waals surface area (Å²) in [6, 6.07) is 16.2. The average Bonchev–Trinajstić information content (AvgIpc) is 2.96. The van der Waals surface area contributed by atoms with Crippen LogP contribution in [0, 0.1) is 12.7 Å². The van der Waals surface area contributed by atoms with Gasteiger partial charge in [0.15, 0.2) is 0 Å². The number of hydrogen-bond donors (Lipinski definition) is 1. The molecular formula is C20H19FN2OS. The van der Waals surface area contributed by atoms with Gasteiger partial charge < -0.3 is 5.32 Å². The number of rotatable bonds is 6. The van der Waals surface area contributed by atoms with E-state index in [9.17, 15) is 9.18 Å². The molecule has 0 saturated carbocycles. The largest absolute Gasteiger partial charge is 0.349 e. The van der Waals surface area contributed by atoms with Crippen LogP contribution in [0.2, 0.25) is 0 Å². The van der Waals surface area contributed by atoms with Crippen molar-refractivity contribution in [2.75, 3.05) is 0 Å². The molecule has 3 nitrogen and oxygen atoms in total. The summed E-state index contributed by atoms with van der Waals surface area (Å²) in [6.45, 7) is 2.39. The Labute approximate surface area is 150 Å². The maximum atomic E-state index is 13.0. The summed E-state index contributed by atoms with van der Waals surface area (Å²) in [4.78, 5) is 17.7. The Morgan fingerprint density at radius 3 is 2.52 bits per heavy atom. The van der Waals surface area contributed by atoms with Crippen LogP contribution in [-0.2, 0) is 24.2 Å². The first kappa shape index (κ1) is 17.3. The van der Waals surface area contributed by atoms with Crippen molar-refractivity contribution in [2.24, 2.45) is 0 Å². The quantitative estimate of drug-likeness (QED) is 0.726. The zero-order valence-electron chi connectivity index (χ0n) is 14.0. The molecule has 0 aliphatic heterocycles. The second-order valence-electron chi connectivity index (χ2n) is 5.86. The minimum absolute atomic E-state index is 0.0147. The summed E-state index contributed by atoms with van der Waals surface area (Å²) in [5, 5.41) is 3.80. The van der Waals surface area contributed by atoms with Crippen LogP contribution < -0.4 is 5.32 Å². The highest BCUT2D eigenvalue weighted by atomic mass is 32.1. The van der Waals surface area contributed by atoms with E-state index in [1.807, 2.05) is 37.3 Å². The molecule has 3 rings (SSSR count). The third kappa shape index (κ3) is 4.97. The third-order valence-electron chi connectivity index (χ3n) is 3.86. The number of nitrogens with zero attached hydrogens (tertiary/aromatic N) is 1. The molecule has 0 unspecified atom stereocenters. The minimum atomic E-state index is -0.230. The van der Waals surface area contributed by atoms with Gasteiger partial charge in [-0.3, -0.25) is 4.79 Å². The second kappa shape index (κ2) is 8.03. The van der Waals surface area contributed by atoms with Crippen LogP contribution in [0.5, 0.6) is 0 Å². The Morgan fingerprint density at radius 1 is 1.08 bits per heavy atom. The topological polar surface area (TPSA) is 42.0 Å². The Kier molecular flexibility index (Phi) is 5.56. The molecule has 1 N–H and O–H groups in total. The Morgan fingerprint density at radius 2 is 1.80 bits per heavy atom. The molecular weight excluding hydrogens is 335 g/mol. The predicted octanol–water partition coefficient (Wildman–Crippen LogP) is 4.04. The molecule has 3 aromatic rings. The van der Waals surface area contributed by atoms with E-state index in [-0.39, 0.29) is 11.7 Å². The number of aromatic nitrogens is 1. The molecule has 0 bridgehead atoms. The fraction of sp³-hybridized carbons (Fsp3) is 0.200. The fourth-order valence-corrected chi connectivity index (χ4v) is 3.58. The Hall–Kier alpha value is -2.53. The lowest BCUT2D eigenvalue weighted by atomic mass is 10.1. The van der Waals surface area contributed by atoms with Crippen LogP contribution in [-0.4, -0.2) is 10.9 Å². The number of halogens is 1. The lowest BCUT2D eigenvalue weighted by molar-refractivity contribution is -0.120. The molecule has 0 saturated heterocycles. The number of amides is 1. The van der Waals surface area contributed by atoms with Crippen molar-refractivity contribution in [1.82, 2.24) is 10.3 Å². The van der Waals surface area contributed by atoms with Crippen LogP contribution >= 0.6 is 11.3 Å². The first-order valence-electron chi connectivity index (χ1n) is 8.10. The van der Waals surface area contributed by atoms with Gasteiger partial charge in [-0.05, 0) is 30.2 Å². The van der Waals surface area contributed by atoms with Gasteiger partial charge in [0.1, 0.15) is 10.8 Å². The van der Waals surface area contributed by atoms with Crippen LogP contribution in [0.25, 0.3) is 0 Å². The standard InChI is InChI=1S/C20H19FN2OS/c1-14-18(11-16-7-9-17(21)10-8-16)25-20(23-14)13-22-19(24)12-15-5-3-2-4-6-15/h2-10H,11-13H2,1H3,(H,22,24). The number of nitrogens with one attached hydrogen (secondary N) is 1. The van der Waals surface area contributed by atoms with E-state index in [4.69, 9.17) is 0 Å². The Bertz CT molecular complexity index is 844. The summed E-state index contributed by atoms with van der Waals surface area (Å²) in [6.07, 6.45) is 1.09. The van der Waals surface area contributed by atoms with Gasteiger partial charge >= 0.3 is 0 Å². The number of hydrogen-bond acceptors (Lipinski definition) is 3. The van der Waals surface area contributed by atoms with E-state index in [0.29, 0.717) is 13.0 Å². The first-order valence-corrected chi connectivity index (χ1v) is 8.92. The third-order valence-corrected chi connectivity index (χ3v) is 5.02. The Balaban J connectivity index is 1.56. The molecule has 0 atom stereocenters. The maximum Gasteiger partial charge on any atom is 0.224 e. The van der Waals surface area contributed by atoms with E-state index < -0.39 is 0 Å². The van der Waals surface area contributed by atoms with Crippen molar-refractivity contribution in [3.8, 4) is 0 Å². The zero-order valence-corrected chi connectivity index (χ0v) is 14.8. The molecule has 0 fully saturated rings. The van der Waals surface area contributed by atoms with Crippen LogP contribution in [0.3, 0.4) is 0 Å². The lowest BCUT2D eigenvalue weighted by Gasteiger charge is -2.03. The molecule has 1 amide bonds. The van der Waals surface area contributed by atoms with Gasteiger partial charge in [-0.15, -0.1) is 11.3 Å². The van der Waals surface area contributed by atoms with Crippen molar-refractivity contribution in [2.45, 2.75) is 26.3 Å². The minimum Gasteiger partial charge on any atom is -0.349 e. The highest BCUT2D eigenvalue weighted by Crippen LogP contribution is 2.21. The molecule has 0 aliphatic rings. The molecule has 1 heterocycles. The van der Waals surface area contributed by atoms with Crippen molar-refractivity contribution in [3.05, 3.63) is 87.1 Å². The van der Waals surface area contributed by atoms with Crippen molar-refractivity contribution < 1.29 is 9.18 Å². The van der Waals surface area contributed by atoms with Crippen LogP contribution in [0.1, 0.15) is 26.7 Å². The predicted molar refractivity (Wildman–Crippen MR) is 98.0 cm³/mol. The average molecular weight is 354 g/mol. The van der Waals surface area contributed by atoms with E-state index >= 15 is 0 Å². The zero-order chi connectivity index (χ0) is 17.6. The van der Waals surface area contributed by atoms with Crippen molar-refractivity contribution in [1.29, 1.82) is 0 Å². The fourth-order valence-electron chi connectivity index (χ4n) is 2.53. The van der Waals surface area contributed by atoms with Crippen LogP contribution in [0.15, 0.2) is 54.6 Å². The smallest absolute Gasteiger partial charge is 0.224 e. The molecule has 25 heavy (non-hydrogen) atoms. The molecule has 128 valence electrons. The van der Waals surface area contributed by atoms with Gasteiger partial charge in [0.05, 0.1) is 18.7 Å². The summed E-state index contributed by atoms with van der Waals surface area (Å²) in [5.41, 5.74) is 3.00. The van der Waals surface area contributed by atoms with Gasteiger partial charge in [0, 0.05) is 11.3 Å². The van der Waals surface area contributed by atoms with E-state index in [1.165, 1.54) is 12.1 Å². The van der Waals surface area contributed by atoms with Gasteiger partial charge in [-0.2, -0.15) is 0 Å². The number of carbonyl (C=O) groups excluding carboxylic acids is 1. The SMILES string of the molecule is Cc1nc(CNC(=O)Cc2ccccc2)sc1Cc1ccc(F)cc1. The van der Waals surface area contributed by atoms with E-state index in [2.05, 4.69) is 10.3 Å². The normalized spacial score (nSPS) is 10.6. The summed E-state index contributed by atoms with van der Waals surface area (Å²) < 4.78 is 13.0. The van der Waals surface area contributed by atoms with Gasteiger partial charge in [0.25, 0.3) is 0 Å². The highest BCUT2D eigenvalue weighted by Gasteiger charge is 2.10. The first-order chi connectivity index (χ1) is 12.1. The van der Waals surface area contributed by atoms with Gasteiger partial charge in [-0.1, -0.05) is 42.5 Å². The molecule has 5 heteroatoms. The lowest BCUT2D eigenvalue weighted by Crippen LogP contribution is -2.24. The summed E-state index contributed by atoms with van der Waals surface area (Å²) in [5.74, 6) is -0.245. The molecule has 2 aromatic carbocycles. The number of thiazole rings is 1. The van der Waals surface area contributed by atoms with Crippen LogP contribution in [0.4, 0.5) is 4.39 Å². The highest BCUT2D eigenvalue weighted by molar-refractivity contribution is 7.11. The molecule has 1 aromatic heterocycles. The maximum absolute atomic E-state index is 13.0. The monoisotopic (exact) mass is 354 g/mol. The van der Waals surface area contributed by atoms with Gasteiger partial charge in [-0.25, -0.2) is 9.37 Å². The number of carbonyl (C=O) groups is 1. The van der Waals surface area contributed by atoms with Gasteiger partial charge in [0.2, 0.25) is 5.91 Å². The van der Waals surface area contributed by atoms with Crippen molar-refractivity contribution in [3.63, 3.8) is 0 Å².